The second-order valence-electron chi connectivity index (χ2n) is 5.05. The molecule has 2 unspecified atom stereocenters. The van der Waals surface area contributed by atoms with Crippen LogP contribution in [0.2, 0.25) is 0 Å². The SMILES string of the molecule is CCC(CC)NC(=O)CN1CC(CN)OCC1C. The molecule has 1 heterocycles. The normalized spacial score (nSPS) is 25.4. The molecular weight excluding hydrogens is 230 g/mol. The number of nitrogens with two attached hydrogens (primary N) is 1. The van der Waals surface area contributed by atoms with E-state index >= 15 is 0 Å². The zero-order valence-electron chi connectivity index (χ0n) is 11.8. The van der Waals surface area contributed by atoms with Crippen molar-refractivity contribution < 1.29 is 9.53 Å². The lowest BCUT2D eigenvalue weighted by atomic mass is 10.1. The summed E-state index contributed by atoms with van der Waals surface area (Å²) < 4.78 is 5.58. The third-order valence-electron chi connectivity index (χ3n) is 3.59. The Kier molecular flexibility index (Phi) is 6.60. The summed E-state index contributed by atoms with van der Waals surface area (Å²) in [6, 6.07) is 0.569. The summed E-state index contributed by atoms with van der Waals surface area (Å²) in [5, 5.41) is 3.06. The van der Waals surface area contributed by atoms with Crippen molar-refractivity contribution in [3.63, 3.8) is 0 Å². The predicted octanol–water partition coefficient (Wildman–Crippen LogP) is 0.339. The van der Waals surface area contributed by atoms with E-state index in [4.69, 9.17) is 10.5 Å². The summed E-state index contributed by atoms with van der Waals surface area (Å²) >= 11 is 0. The number of nitrogens with one attached hydrogen (secondary N) is 1. The first-order valence-corrected chi connectivity index (χ1v) is 6.95. The van der Waals surface area contributed by atoms with Crippen LogP contribution in [0.1, 0.15) is 33.6 Å². The molecule has 18 heavy (non-hydrogen) atoms. The molecule has 0 radical (unpaired) electrons. The summed E-state index contributed by atoms with van der Waals surface area (Å²) in [7, 11) is 0. The molecule has 1 aliphatic rings. The summed E-state index contributed by atoms with van der Waals surface area (Å²) in [5.41, 5.74) is 5.61. The predicted molar refractivity (Wildman–Crippen MR) is 72.3 cm³/mol. The van der Waals surface area contributed by atoms with Crippen molar-refractivity contribution in [3.05, 3.63) is 0 Å². The van der Waals surface area contributed by atoms with Gasteiger partial charge in [-0.25, -0.2) is 0 Å². The number of hydrogen-bond donors (Lipinski definition) is 2. The average molecular weight is 257 g/mol. The minimum atomic E-state index is 0.0575. The third kappa shape index (κ3) is 4.55. The topological polar surface area (TPSA) is 67.6 Å². The minimum Gasteiger partial charge on any atom is -0.374 e. The van der Waals surface area contributed by atoms with E-state index in [0.717, 1.165) is 19.4 Å². The van der Waals surface area contributed by atoms with Gasteiger partial charge in [0.1, 0.15) is 0 Å². The second-order valence-corrected chi connectivity index (χ2v) is 5.05. The highest BCUT2D eigenvalue weighted by molar-refractivity contribution is 5.78. The van der Waals surface area contributed by atoms with E-state index in [2.05, 4.69) is 31.0 Å². The van der Waals surface area contributed by atoms with Crippen molar-refractivity contribution in [1.82, 2.24) is 10.2 Å². The van der Waals surface area contributed by atoms with Gasteiger partial charge in [-0.15, -0.1) is 0 Å². The Bertz CT molecular complexity index is 257. The number of ether oxygens (including phenoxy) is 1. The Morgan fingerprint density at radius 3 is 2.72 bits per heavy atom. The zero-order chi connectivity index (χ0) is 13.5. The van der Waals surface area contributed by atoms with Gasteiger partial charge in [-0.1, -0.05) is 13.8 Å². The molecule has 5 nitrogen and oxygen atoms in total. The van der Waals surface area contributed by atoms with Gasteiger partial charge < -0.3 is 15.8 Å². The maximum atomic E-state index is 12.0. The molecule has 1 rings (SSSR count). The van der Waals surface area contributed by atoms with Gasteiger partial charge in [0.05, 0.1) is 19.3 Å². The summed E-state index contributed by atoms with van der Waals surface area (Å²) in [4.78, 5) is 14.1. The van der Waals surface area contributed by atoms with E-state index in [-0.39, 0.29) is 18.1 Å². The van der Waals surface area contributed by atoms with E-state index in [0.29, 0.717) is 25.7 Å². The third-order valence-corrected chi connectivity index (χ3v) is 3.59. The van der Waals surface area contributed by atoms with Crippen LogP contribution in [-0.2, 0) is 9.53 Å². The van der Waals surface area contributed by atoms with E-state index in [1.807, 2.05) is 0 Å². The van der Waals surface area contributed by atoms with Crippen molar-refractivity contribution in [2.75, 3.05) is 26.2 Å². The van der Waals surface area contributed by atoms with Crippen molar-refractivity contribution in [3.8, 4) is 0 Å². The standard InChI is InChI=1S/C13H27N3O2/c1-4-11(5-2)15-13(17)8-16-7-12(6-14)18-9-10(16)3/h10-12H,4-9,14H2,1-3H3,(H,15,17). The van der Waals surface area contributed by atoms with Gasteiger partial charge in [-0.05, 0) is 19.8 Å². The summed E-state index contributed by atoms with van der Waals surface area (Å²) in [5.74, 6) is 0.105. The van der Waals surface area contributed by atoms with Gasteiger partial charge in [-0.3, -0.25) is 9.69 Å². The fraction of sp³-hybridized carbons (Fsp3) is 0.923. The molecule has 0 aromatic carbocycles. The Morgan fingerprint density at radius 1 is 1.50 bits per heavy atom. The van der Waals surface area contributed by atoms with Crippen molar-refractivity contribution in [2.45, 2.75) is 51.8 Å². The number of carbonyl (C=O) groups is 1. The first-order valence-electron chi connectivity index (χ1n) is 6.95. The van der Waals surface area contributed by atoms with E-state index in [9.17, 15) is 4.79 Å². The maximum absolute atomic E-state index is 12.0. The molecule has 1 amide bonds. The number of rotatable bonds is 6. The molecule has 0 aromatic rings. The molecule has 0 saturated carbocycles. The van der Waals surface area contributed by atoms with E-state index in [1.54, 1.807) is 0 Å². The lowest BCUT2D eigenvalue weighted by molar-refractivity contribution is -0.126. The Balaban J connectivity index is 2.41. The van der Waals surface area contributed by atoms with Crippen LogP contribution in [0.15, 0.2) is 0 Å². The zero-order valence-corrected chi connectivity index (χ0v) is 11.8. The Morgan fingerprint density at radius 2 is 2.17 bits per heavy atom. The van der Waals surface area contributed by atoms with Crippen LogP contribution in [0.4, 0.5) is 0 Å². The molecule has 1 aliphatic heterocycles. The molecule has 0 aliphatic carbocycles. The molecule has 3 N–H and O–H groups in total. The van der Waals surface area contributed by atoms with Gasteiger partial charge in [-0.2, -0.15) is 0 Å². The van der Waals surface area contributed by atoms with E-state index < -0.39 is 0 Å². The molecular formula is C13H27N3O2. The smallest absolute Gasteiger partial charge is 0.234 e. The highest BCUT2D eigenvalue weighted by atomic mass is 16.5. The molecule has 0 spiro atoms. The maximum Gasteiger partial charge on any atom is 0.234 e. The second kappa shape index (κ2) is 7.71. The number of morpholine rings is 1. The van der Waals surface area contributed by atoms with E-state index in [1.165, 1.54) is 0 Å². The lowest BCUT2D eigenvalue weighted by Crippen LogP contribution is -2.54. The number of nitrogens with zero attached hydrogens (tertiary/aromatic N) is 1. The number of amides is 1. The van der Waals surface area contributed by atoms with Crippen LogP contribution in [0.3, 0.4) is 0 Å². The van der Waals surface area contributed by atoms with Gasteiger partial charge >= 0.3 is 0 Å². The number of hydrogen-bond acceptors (Lipinski definition) is 4. The van der Waals surface area contributed by atoms with Gasteiger partial charge in [0.15, 0.2) is 0 Å². The van der Waals surface area contributed by atoms with Crippen LogP contribution >= 0.6 is 0 Å². The van der Waals surface area contributed by atoms with Crippen LogP contribution in [0.5, 0.6) is 0 Å². The lowest BCUT2D eigenvalue weighted by Gasteiger charge is -2.37. The molecule has 1 saturated heterocycles. The molecule has 0 bridgehead atoms. The van der Waals surface area contributed by atoms with Crippen molar-refractivity contribution in [1.29, 1.82) is 0 Å². The molecule has 106 valence electrons. The Labute approximate surface area is 110 Å². The van der Waals surface area contributed by atoms with Gasteiger partial charge in [0, 0.05) is 25.2 Å². The highest BCUT2D eigenvalue weighted by Crippen LogP contribution is 2.10. The summed E-state index contributed by atoms with van der Waals surface area (Å²) in [6.45, 7) is 8.62. The van der Waals surface area contributed by atoms with Gasteiger partial charge in [0.2, 0.25) is 5.91 Å². The molecule has 2 atom stereocenters. The monoisotopic (exact) mass is 257 g/mol. The van der Waals surface area contributed by atoms with Crippen LogP contribution < -0.4 is 11.1 Å². The Hall–Kier alpha value is -0.650. The minimum absolute atomic E-state index is 0.0575. The van der Waals surface area contributed by atoms with Crippen molar-refractivity contribution in [2.24, 2.45) is 5.73 Å². The first-order chi connectivity index (χ1) is 8.60. The summed E-state index contributed by atoms with van der Waals surface area (Å²) in [6.07, 6.45) is 2.01. The largest absolute Gasteiger partial charge is 0.374 e. The quantitative estimate of drug-likeness (QED) is 0.720. The first kappa shape index (κ1) is 15.4. The van der Waals surface area contributed by atoms with Crippen LogP contribution in [0, 0.1) is 0 Å². The molecule has 5 heteroatoms. The highest BCUT2D eigenvalue weighted by Gasteiger charge is 2.26. The molecule has 0 aromatic heterocycles. The van der Waals surface area contributed by atoms with Gasteiger partial charge in [0.25, 0.3) is 0 Å². The fourth-order valence-corrected chi connectivity index (χ4v) is 2.19. The van der Waals surface area contributed by atoms with Crippen molar-refractivity contribution >= 4 is 5.91 Å². The average Bonchev–Trinajstić information content (AvgIpc) is 2.38. The number of carbonyl (C=O) groups excluding carboxylic acids is 1. The fourth-order valence-electron chi connectivity index (χ4n) is 2.19. The van der Waals surface area contributed by atoms with Crippen LogP contribution in [-0.4, -0.2) is 55.2 Å². The van der Waals surface area contributed by atoms with Crippen LogP contribution in [0.25, 0.3) is 0 Å². The molecule has 1 fully saturated rings.